The molecule has 0 saturated carbocycles. The normalized spacial score (nSPS) is 17.0. The quantitative estimate of drug-likeness (QED) is 0.545. The zero-order valence-electron chi connectivity index (χ0n) is 17.7. The van der Waals surface area contributed by atoms with Gasteiger partial charge in [-0.1, -0.05) is 41.7 Å². The van der Waals surface area contributed by atoms with Crippen LogP contribution in [0.3, 0.4) is 0 Å². The van der Waals surface area contributed by atoms with E-state index in [0.717, 1.165) is 41.7 Å². The van der Waals surface area contributed by atoms with Crippen LogP contribution in [-0.2, 0) is 16.0 Å². The zero-order valence-corrected chi connectivity index (χ0v) is 18.5. The van der Waals surface area contributed by atoms with Crippen LogP contribution in [0.15, 0.2) is 42.5 Å². The van der Waals surface area contributed by atoms with Gasteiger partial charge in [-0.05, 0) is 31.0 Å². The Bertz CT molecular complexity index is 995. The minimum atomic E-state index is -0.300. The van der Waals surface area contributed by atoms with Crippen LogP contribution in [0.25, 0.3) is 0 Å². The first-order chi connectivity index (χ1) is 15.1. The molecular weight excluding hydrogens is 412 g/mol. The lowest BCUT2D eigenvalue weighted by molar-refractivity contribution is -0.121. The van der Waals surface area contributed by atoms with E-state index in [2.05, 4.69) is 30.6 Å². The number of aromatic nitrogens is 4. The maximum atomic E-state index is 12.9. The van der Waals surface area contributed by atoms with Gasteiger partial charge in [0.1, 0.15) is 10.8 Å². The van der Waals surface area contributed by atoms with Gasteiger partial charge in [0.15, 0.2) is 5.82 Å². The fraction of sp³-hybridized carbons (Fsp3) is 0.409. The smallest absolute Gasteiger partial charge is 0.205 e. The summed E-state index contributed by atoms with van der Waals surface area (Å²) in [4.78, 5) is 15.1. The monoisotopic (exact) mass is 438 g/mol. The molecule has 2 aromatic heterocycles. The highest BCUT2D eigenvalue weighted by Crippen LogP contribution is 2.25. The molecule has 3 heterocycles. The molecule has 1 saturated heterocycles. The standard InChI is InChI=1S/C22H26N6O2S/c1-15-8-9-20(25-24-15)28-11-10-17(13-28)23-22-27-26-21(31-22)12-19(29)18(14-30-2)16-6-4-3-5-7-16/h3-9,17-18H,10-14H2,1-2H3,(H,23,27)/t17-,18+/m1/s1. The number of benzene rings is 1. The van der Waals surface area contributed by atoms with Gasteiger partial charge in [0.2, 0.25) is 5.13 Å². The number of nitrogens with one attached hydrogen (secondary N) is 1. The average molecular weight is 439 g/mol. The Morgan fingerprint density at radius 2 is 2.03 bits per heavy atom. The Hall–Kier alpha value is -2.91. The van der Waals surface area contributed by atoms with Crippen LogP contribution < -0.4 is 10.2 Å². The Labute approximate surface area is 185 Å². The third-order valence-electron chi connectivity index (χ3n) is 5.34. The van der Waals surface area contributed by atoms with Crippen molar-refractivity contribution in [3.8, 4) is 0 Å². The van der Waals surface area contributed by atoms with Gasteiger partial charge in [-0.3, -0.25) is 4.79 Å². The van der Waals surface area contributed by atoms with Crippen molar-refractivity contribution in [3.63, 3.8) is 0 Å². The zero-order chi connectivity index (χ0) is 21.6. The number of methoxy groups -OCH3 is 1. The summed E-state index contributed by atoms with van der Waals surface area (Å²) in [5.74, 6) is 0.676. The summed E-state index contributed by atoms with van der Waals surface area (Å²) in [7, 11) is 1.61. The van der Waals surface area contributed by atoms with Crippen molar-refractivity contribution in [1.82, 2.24) is 20.4 Å². The fourth-order valence-corrected chi connectivity index (χ4v) is 4.53. The van der Waals surface area contributed by atoms with Crippen LogP contribution >= 0.6 is 11.3 Å². The largest absolute Gasteiger partial charge is 0.384 e. The molecule has 1 aliphatic rings. The summed E-state index contributed by atoms with van der Waals surface area (Å²) in [6.07, 6.45) is 1.23. The number of Topliss-reactive ketones (excluding diaryl/α,β-unsaturated/α-hetero) is 1. The van der Waals surface area contributed by atoms with Crippen molar-refractivity contribution in [2.75, 3.05) is 37.0 Å². The van der Waals surface area contributed by atoms with Gasteiger partial charge in [-0.2, -0.15) is 5.10 Å². The highest BCUT2D eigenvalue weighted by molar-refractivity contribution is 7.15. The summed E-state index contributed by atoms with van der Waals surface area (Å²) >= 11 is 1.44. The third-order valence-corrected chi connectivity index (χ3v) is 6.19. The van der Waals surface area contributed by atoms with E-state index in [4.69, 9.17) is 4.74 Å². The fourth-order valence-electron chi connectivity index (χ4n) is 3.70. The van der Waals surface area contributed by atoms with Crippen molar-refractivity contribution >= 4 is 28.1 Å². The van der Waals surface area contributed by atoms with E-state index in [0.29, 0.717) is 11.6 Å². The predicted molar refractivity (Wildman–Crippen MR) is 121 cm³/mol. The molecule has 0 radical (unpaired) electrons. The number of nitrogens with zero attached hydrogens (tertiary/aromatic N) is 5. The van der Waals surface area contributed by atoms with E-state index in [1.807, 2.05) is 49.4 Å². The number of ketones is 1. The molecule has 162 valence electrons. The first-order valence-corrected chi connectivity index (χ1v) is 11.1. The van der Waals surface area contributed by atoms with Crippen molar-refractivity contribution < 1.29 is 9.53 Å². The maximum absolute atomic E-state index is 12.9. The molecule has 1 fully saturated rings. The molecule has 1 N–H and O–H groups in total. The van der Waals surface area contributed by atoms with Gasteiger partial charge in [-0.15, -0.1) is 15.3 Å². The van der Waals surface area contributed by atoms with Crippen LogP contribution in [0.2, 0.25) is 0 Å². The minimum absolute atomic E-state index is 0.0840. The summed E-state index contributed by atoms with van der Waals surface area (Å²) in [6, 6.07) is 14.0. The van der Waals surface area contributed by atoms with E-state index in [-0.39, 0.29) is 24.2 Å². The van der Waals surface area contributed by atoms with Crippen LogP contribution in [0.4, 0.5) is 10.9 Å². The Kier molecular flexibility index (Phi) is 6.83. The van der Waals surface area contributed by atoms with Crippen molar-refractivity contribution in [3.05, 3.63) is 58.7 Å². The van der Waals surface area contributed by atoms with E-state index < -0.39 is 0 Å². The lowest BCUT2D eigenvalue weighted by atomic mass is 9.94. The number of hydrogen-bond donors (Lipinski definition) is 1. The van der Waals surface area contributed by atoms with Crippen LogP contribution in [0.5, 0.6) is 0 Å². The first kappa shape index (κ1) is 21.3. The van der Waals surface area contributed by atoms with Crippen molar-refractivity contribution in [1.29, 1.82) is 0 Å². The number of aryl methyl sites for hydroxylation is 1. The maximum Gasteiger partial charge on any atom is 0.205 e. The second-order valence-corrected chi connectivity index (χ2v) is 8.73. The molecule has 3 aromatic rings. The van der Waals surface area contributed by atoms with Crippen molar-refractivity contribution in [2.24, 2.45) is 0 Å². The van der Waals surface area contributed by atoms with Crippen LogP contribution in [-0.4, -0.2) is 59.0 Å². The molecule has 31 heavy (non-hydrogen) atoms. The summed E-state index contributed by atoms with van der Waals surface area (Å²) in [6.45, 7) is 4.03. The summed E-state index contributed by atoms with van der Waals surface area (Å²) in [5.41, 5.74) is 1.87. The highest BCUT2D eigenvalue weighted by Gasteiger charge is 2.26. The average Bonchev–Trinajstić information content (AvgIpc) is 3.43. The number of carbonyl (C=O) groups excluding carboxylic acids is 1. The molecule has 1 aromatic carbocycles. The second kappa shape index (κ2) is 9.93. The molecule has 9 heteroatoms. The number of ether oxygens (including phenoxy) is 1. The van der Waals surface area contributed by atoms with Gasteiger partial charge in [0, 0.05) is 26.2 Å². The SMILES string of the molecule is COC[C@H](C(=O)Cc1nnc(N[C@@H]2CCN(c3ccc(C)nn3)C2)s1)c1ccccc1. The molecule has 0 amide bonds. The van der Waals surface area contributed by atoms with E-state index in [9.17, 15) is 4.79 Å². The van der Waals surface area contributed by atoms with E-state index >= 15 is 0 Å². The predicted octanol–water partition coefficient (Wildman–Crippen LogP) is 2.87. The highest BCUT2D eigenvalue weighted by atomic mass is 32.1. The first-order valence-electron chi connectivity index (χ1n) is 10.3. The number of hydrogen-bond acceptors (Lipinski definition) is 9. The number of carbonyl (C=O) groups is 1. The van der Waals surface area contributed by atoms with E-state index in [1.165, 1.54) is 11.3 Å². The summed E-state index contributed by atoms with van der Waals surface area (Å²) in [5, 5.41) is 21.8. The van der Waals surface area contributed by atoms with Gasteiger partial charge < -0.3 is 15.0 Å². The Balaban J connectivity index is 1.34. The Morgan fingerprint density at radius 1 is 1.19 bits per heavy atom. The lowest BCUT2D eigenvalue weighted by Gasteiger charge is -2.17. The molecular formula is C22H26N6O2S. The number of anilines is 2. The van der Waals surface area contributed by atoms with Gasteiger partial charge in [0.25, 0.3) is 0 Å². The van der Waals surface area contributed by atoms with Crippen LogP contribution in [0, 0.1) is 6.92 Å². The minimum Gasteiger partial charge on any atom is -0.384 e. The molecule has 0 unspecified atom stereocenters. The molecule has 8 nitrogen and oxygen atoms in total. The number of rotatable bonds is 9. The Morgan fingerprint density at radius 3 is 2.77 bits per heavy atom. The topological polar surface area (TPSA) is 93.1 Å². The molecule has 0 spiro atoms. The van der Waals surface area contributed by atoms with E-state index in [1.54, 1.807) is 7.11 Å². The molecule has 0 aliphatic carbocycles. The molecule has 4 rings (SSSR count). The summed E-state index contributed by atoms with van der Waals surface area (Å²) < 4.78 is 5.28. The van der Waals surface area contributed by atoms with Crippen molar-refractivity contribution in [2.45, 2.75) is 31.7 Å². The third kappa shape index (κ3) is 5.42. The molecule has 0 bridgehead atoms. The second-order valence-electron chi connectivity index (χ2n) is 7.67. The van der Waals surface area contributed by atoms with Crippen LogP contribution in [0.1, 0.15) is 28.6 Å². The molecule has 1 aliphatic heterocycles. The van der Waals surface area contributed by atoms with Gasteiger partial charge >= 0.3 is 0 Å². The molecule has 2 atom stereocenters. The lowest BCUT2D eigenvalue weighted by Crippen LogP contribution is -2.26. The van der Waals surface area contributed by atoms with Gasteiger partial charge in [0.05, 0.1) is 24.6 Å². The van der Waals surface area contributed by atoms with Gasteiger partial charge in [-0.25, -0.2) is 0 Å².